The van der Waals surface area contributed by atoms with Crippen molar-refractivity contribution < 1.29 is 4.79 Å². The molecule has 80 valence electrons. The highest BCUT2D eigenvalue weighted by Crippen LogP contribution is 2.34. The highest BCUT2D eigenvalue weighted by molar-refractivity contribution is 9.10. The molecular formula is C11H11BrClNO. The molecule has 0 bridgehead atoms. The van der Waals surface area contributed by atoms with Crippen LogP contribution in [0.4, 0.5) is 5.69 Å². The third-order valence-electron chi connectivity index (χ3n) is 2.40. The SMILES string of the molecule is O=C(CC1CC1)Nc1cccc(Cl)c1Br. The van der Waals surface area contributed by atoms with Gasteiger partial charge < -0.3 is 5.32 Å². The standard InChI is InChI=1S/C11H11BrClNO/c12-11-8(13)2-1-3-9(11)14-10(15)6-7-4-5-7/h1-3,7H,4-6H2,(H,14,15). The van der Waals surface area contributed by atoms with Gasteiger partial charge in [0, 0.05) is 6.42 Å². The van der Waals surface area contributed by atoms with Crippen LogP contribution in [0.3, 0.4) is 0 Å². The van der Waals surface area contributed by atoms with Gasteiger partial charge in [-0.2, -0.15) is 0 Å². The predicted octanol–water partition coefficient (Wildman–Crippen LogP) is 3.84. The smallest absolute Gasteiger partial charge is 0.224 e. The molecule has 1 saturated carbocycles. The Morgan fingerprint density at radius 1 is 1.53 bits per heavy atom. The van der Waals surface area contributed by atoms with Crippen molar-refractivity contribution in [1.82, 2.24) is 0 Å². The first-order valence-electron chi connectivity index (χ1n) is 4.90. The molecule has 1 aromatic rings. The quantitative estimate of drug-likeness (QED) is 0.899. The van der Waals surface area contributed by atoms with E-state index in [9.17, 15) is 4.79 Å². The Morgan fingerprint density at radius 2 is 2.27 bits per heavy atom. The van der Waals surface area contributed by atoms with E-state index in [0.717, 1.165) is 10.2 Å². The van der Waals surface area contributed by atoms with Gasteiger partial charge >= 0.3 is 0 Å². The Morgan fingerprint density at radius 3 is 2.93 bits per heavy atom. The van der Waals surface area contributed by atoms with Crippen molar-refractivity contribution in [2.45, 2.75) is 19.3 Å². The van der Waals surface area contributed by atoms with Crippen LogP contribution in [0.1, 0.15) is 19.3 Å². The summed E-state index contributed by atoms with van der Waals surface area (Å²) in [6.45, 7) is 0. The number of amides is 1. The lowest BCUT2D eigenvalue weighted by molar-refractivity contribution is -0.116. The molecular weight excluding hydrogens is 277 g/mol. The monoisotopic (exact) mass is 287 g/mol. The van der Waals surface area contributed by atoms with Crippen LogP contribution in [-0.2, 0) is 4.79 Å². The number of benzene rings is 1. The minimum absolute atomic E-state index is 0.0699. The number of hydrogen-bond acceptors (Lipinski definition) is 1. The van der Waals surface area contributed by atoms with E-state index >= 15 is 0 Å². The largest absolute Gasteiger partial charge is 0.325 e. The fraction of sp³-hybridized carbons (Fsp3) is 0.364. The average molecular weight is 289 g/mol. The minimum atomic E-state index is 0.0699. The van der Waals surface area contributed by atoms with Crippen molar-refractivity contribution in [3.05, 3.63) is 27.7 Å². The molecule has 1 amide bonds. The second-order valence-electron chi connectivity index (χ2n) is 3.80. The zero-order chi connectivity index (χ0) is 10.8. The highest BCUT2D eigenvalue weighted by atomic mass is 79.9. The van der Waals surface area contributed by atoms with Gasteiger partial charge in [0.25, 0.3) is 0 Å². The molecule has 1 fully saturated rings. The van der Waals surface area contributed by atoms with Crippen molar-refractivity contribution >= 4 is 39.1 Å². The van der Waals surface area contributed by atoms with E-state index in [0.29, 0.717) is 17.4 Å². The molecule has 0 spiro atoms. The summed E-state index contributed by atoms with van der Waals surface area (Å²) in [6, 6.07) is 5.43. The highest BCUT2D eigenvalue weighted by Gasteiger charge is 2.24. The normalized spacial score (nSPS) is 15.1. The molecule has 1 aromatic carbocycles. The van der Waals surface area contributed by atoms with Gasteiger partial charge in [0.2, 0.25) is 5.91 Å². The van der Waals surface area contributed by atoms with Gasteiger partial charge in [0.05, 0.1) is 15.2 Å². The number of rotatable bonds is 3. The maximum Gasteiger partial charge on any atom is 0.224 e. The molecule has 0 unspecified atom stereocenters. The van der Waals surface area contributed by atoms with Crippen LogP contribution in [0.25, 0.3) is 0 Å². The average Bonchev–Trinajstić information content (AvgIpc) is 2.97. The molecule has 15 heavy (non-hydrogen) atoms. The maximum atomic E-state index is 11.6. The number of halogens is 2. The van der Waals surface area contributed by atoms with Gasteiger partial charge in [-0.15, -0.1) is 0 Å². The van der Waals surface area contributed by atoms with Crippen LogP contribution in [0, 0.1) is 5.92 Å². The van der Waals surface area contributed by atoms with Crippen molar-refractivity contribution in [2.75, 3.05) is 5.32 Å². The van der Waals surface area contributed by atoms with E-state index in [4.69, 9.17) is 11.6 Å². The Kier molecular flexibility index (Phi) is 3.32. The van der Waals surface area contributed by atoms with Gasteiger partial charge in [-0.05, 0) is 46.8 Å². The summed E-state index contributed by atoms with van der Waals surface area (Å²) < 4.78 is 0.746. The number of anilines is 1. The lowest BCUT2D eigenvalue weighted by Crippen LogP contribution is -2.12. The number of carbonyl (C=O) groups is 1. The fourth-order valence-electron chi connectivity index (χ4n) is 1.39. The number of carbonyl (C=O) groups excluding carboxylic acids is 1. The molecule has 0 atom stereocenters. The van der Waals surface area contributed by atoms with Gasteiger partial charge in [0.1, 0.15) is 0 Å². The van der Waals surface area contributed by atoms with Crippen LogP contribution in [0.15, 0.2) is 22.7 Å². The van der Waals surface area contributed by atoms with Crippen LogP contribution >= 0.6 is 27.5 Å². The molecule has 4 heteroatoms. The summed E-state index contributed by atoms with van der Waals surface area (Å²) in [4.78, 5) is 11.6. The zero-order valence-corrected chi connectivity index (χ0v) is 10.4. The van der Waals surface area contributed by atoms with E-state index in [1.807, 2.05) is 12.1 Å². The maximum absolute atomic E-state index is 11.6. The number of hydrogen-bond donors (Lipinski definition) is 1. The predicted molar refractivity (Wildman–Crippen MR) is 65.1 cm³/mol. The van der Waals surface area contributed by atoms with Crippen LogP contribution in [0.2, 0.25) is 5.02 Å². The van der Waals surface area contributed by atoms with Gasteiger partial charge in [-0.3, -0.25) is 4.79 Å². The summed E-state index contributed by atoms with van der Waals surface area (Å²) in [7, 11) is 0. The van der Waals surface area contributed by atoms with E-state index in [-0.39, 0.29) is 5.91 Å². The zero-order valence-electron chi connectivity index (χ0n) is 8.09. The Hall–Kier alpha value is -0.540. The lowest BCUT2D eigenvalue weighted by Gasteiger charge is -2.07. The first-order chi connectivity index (χ1) is 7.16. The molecule has 1 N–H and O–H groups in total. The molecule has 2 nitrogen and oxygen atoms in total. The summed E-state index contributed by atoms with van der Waals surface area (Å²) in [5.74, 6) is 0.670. The lowest BCUT2D eigenvalue weighted by atomic mass is 10.2. The first-order valence-corrected chi connectivity index (χ1v) is 6.08. The summed E-state index contributed by atoms with van der Waals surface area (Å²) in [5.41, 5.74) is 0.744. The Bertz CT molecular complexity index is 390. The third kappa shape index (κ3) is 2.95. The summed E-state index contributed by atoms with van der Waals surface area (Å²) >= 11 is 9.26. The van der Waals surface area contributed by atoms with Crippen LogP contribution < -0.4 is 5.32 Å². The van der Waals surface area contributed by atoms with Crippen molar-refractivity contribution in [3.8, 4) is 0 Å². The molecule has 1 aliphatic rings. The minimum Gasteiger partial charge on any atom is -0.325 e. The summed E-state index contributed by atoms with van der Waals surface area (Å²) in [6.07, 6.45) is 2.99. The molecule has 0 heterocycles. The molecule has 0 aromatic heterocycles. The number of nitrogens with one attached hydrogen (secondary N) is 1. The van der Waals surface area contributed by atoms with Gasteiger partial charge in [-0.25, -0.2) is 0 Å². The second kappa shape index (κ2) is 4.54. The third-order valence-corrected chi connectivity index (χ3v) is 3.79. The van der Waals surface area contributed by atoms with Crippen LogP contribution in [-0.4, -0.2) is 5.91 Å². The molecule has 0 radical (unpaired) electrons. The molecule has 0 aliphatic heterocycles. The fourth-order valence-corrected chi connectivity index (χ4v) is 1.92. The van der Waals surface area contributed by atoms with Crippen molar-refractivity contribution in [1.29, 1.82) is 0 Å². The van der Waals surface area contributed by atoms with Crippen molar-refractivity contribution in [3.63, 3.8) is 0 Å². The molecule has 1 aliphatic carbocycles. The van der Waals surface area contributed by atoms with Gasteiger partial charge in [-0.1, -0.05) is 17.7 Å². The van der Waals surface area contributed by atoms with E-state index in [1.165, 1.54) is 12.8 Å². The van der Waals surface area contributed by atoms with E-state index in [2.05, 4.69) is 21.2 Å². The van der Waals surface area contributed by atoms with Gasteiger partial charge in [0.15, 0.2) is 0 Å². The Labute approximate surface area is 102 Å². The Balaban J connectivity index is 2.02. The van der Waals surface area contributed by atoms with E-state index in [1.54, 1.807) is 6.07 Å². The molecule has 2 rings (SSSR count). The van der Waals surface area contributed by atoms with Crippen LogP contribution in [0.5, 0.6) is 0 Å². The summed E-state index contributed by atoms with van der Waals surface area (Å²) in [5, 5.41) is 3.46. The topological polar surface area (TPSA) is 29.1 Å². The van der Waals surface area contributed by atoms with E-state index < -0.39 is 0 Å². The van der Waals surface area contributed by atoms with Crippen molar-refractivity contribution in [2.24, 2.45) is 5.92 Å². The molecule has 0 saturated heterocycles. The second-order valence-corrected chi connectivity index (χ2v) is 5.00. The first kappa shape index (κ1) is 11.0.